The topological polar surface area (TPSA) is 9.23 Å². The van der Waals surface area contributed by atoms with Crippen LogP contribution in [0, 0.1) is 10.7 Å². The van der Waals surface area contributed by atoms with Gasteiger partial charge in [0.15, 0.2) is 0 Å². The normalized spacial score (nSPS) is 16.8. The van der Waals surface area contributed by atoms with Crippen LogP contribution in [0.4, 0.5) is 0 Å². The minimum atomic E-state index is 0.361. The van der Waals surface area contributed by atoms with Crippen LogP contribution < -0.4 is 4.74 Å². The zero-order chi connectivity index (χ0) is 12.9. The summed E-state index contributed by atoms with van der Waals surface area (Å²) >= 11 is 9.71. The van der Waals surface area contributed by atoms with Gasteiger partial charge in [-0.25, -0.2) is 0 Å². The molecule has 0 aliphatic carbocycles. The molecular formula is C13H6I4O. The van der Waals surface area contributed by atoms with Crippen LogP contribution in [0.15, 0.2) is 30.3 Å². The number of halogens is 4. The Kier molecular flexibility index (Phi) is 4.32. The lowest BCUT2D eigenvalue weighted by Gasteiger charge is -2.26. The highest BCUT2D eigenvalue weighted by molar-refractivity contribution is 14.1. The highest BCUT2D eigenvalue weighted by Gasteiger charge is 2.28. The maximum absolute atomic E-state index is 6.05. The number of ether oxygens (including phenoxy) is 1. The fourth-order valence-corrected chi connectivity index (χ4v) is 6.08. The second-order valence-electron chi connectivity index (χ2n) is 3.90. The van der Waals surface area contributed by atoms with Gasteiger partial charge in [0.05, 0.1) is 3.92 Å². The van der Waals surface area contributed by atoms with Gasteiger partial charge in [0.1, 0.15) is 11.5 Å². The summed E-state index contributed by atoms with van der Waals surface area (Å²) in [6, 6.07) is 10.4. The van der Waals surface area contributed by atoms with Crippen molar-refractivity contribution in [3.8, 4) is 11.5 Å². The largest absolute Gasteiger partial charge is 0.457 e. The van der Waals surface area contributed by atoms with E-state index in [0.717, 1.165) is 11.5 Å². The molecule has 0 fully saturated rings. The van der Waals surface area contributed by atoms with E-state index in [1.165, 1.54) is 21.8 Å². The molecule has 3 rings (SSSR count). The molecule has 0 radical (unpaired) electrons. The second-order valence-corrected chi connectivity index (χ2v) is 8.47. The molecule has 92 valence electrons. The van der Waals surface area contributed by atoms with Crippen molar-refractivity contribution in [3.63, 3.8) is 0 Å². The van der Waals surface area contributed by atoms with Crippen LogP contribution in [-0.4, -0.2) is 0 Å². The van der Waals surface area contributed by atoms with Crippen molar-refractivity contribution in [1.29, 1.82) is 0 Å². The van der Waals surface area contributed by atoms with Gasteiger partial charge in [0.2, 0.25) is 0 Å². The molecule has 0 N–H and O–H groups in total. The maximum Gasteiger partial charge on any atom is 0.134 e. The first-order valence-corrected chi connectivity index (χ1v) is 9.66. The lowest BCUT2D eigenvalue weighted by atomic mass is 10.0. The molecule has 1 unspecified atom stereocenters. The van der Waals surface area contributed by atoms with E-state index in [-0.39, 0.29) is 0 Å². The summed E-state index contributed by atoms with van der Waals surface area (Å²) in [6.07, 6.45) is 0. The van der Waals surface area contributed by atoms with Crippen LogP contribution in [0.3, 0.4) is 0 Å². The minimum absolute atomic E-state index is 0.361. The van der Waals surface area contributed by atoms with E-state index in [4.69, 9.17) is 4.74 Å². The first-order chi connectivity index (χ1) is 8.59. The molecule has 2 aromatic carbocycles. The number of hydrogen-bond acceptors (Lipinski definition) is 1. The third-order valence-electron chi connectivity index (χ3n) is 2.83. The number of benzene rings is 2. The van der Waals surface area contributed by atoms with Crippen LogP contribution in [0.1, 0.15) is 15.1 Å². The number of alkyl halides is 1. The monoisotopic (exact) mass is 686 g/mol. The van der Waals surface area contributed by atoms with E-state index in [1.807, 2.05) is 12.1 Å². The van der Waals surface area contributed by atoms with Crippen LogP contribution in [0.25, 0.3) is 0 Å². The highest BCUT2D eigenvalue weighted by atomic mass is 127. The molecule has 0 saturated heterocycles. The Bertz CT molecular complexity index is 639. The van der Waals surface area contributed by atoms with Crippen molar-refractivity contribution in [3.05, 3.63) is 52.2 Å². The summed E-state index contributed by atoms with van der Waals surface area (Å²) in [7, 11) is 0. The lowest BCUT2D eigenvalue weighted by Crippen LogP contribution is -2.09. The molecule has 18 heavy (non-hydrogen) atoms. The number of fused-ring (bicyclic) bond motifs is 2. The molecule has 5 heteroatoms. The van der Waals surface area contributed by atoms with E-state index < -0.39 is 0 Å². The fraction of sp³-hybridized carbons (Fsp3) is 0.0769. The molecule has 1 aliphatic heterocycles. The smallest absolute Gasteiger partial charge is 0.134 e. The van der Waals surface area contributed by atoms with E-state index in [0.29, 0.717) is 3.92 Å². The van der Waals surface area contributed by atoms with Gasteiger partial charge in [-0.05, 0) is 79.9 Å². The standard InChI is InChI=1S/C13H6I4O/c14-7-5-9-10(13(17)12(7)16)11(15)6-3-1-2-4-8(6)18-9/h1-5,11H. The minimum Gasteiger partial charge on any atom is -0.457 e. The summed E-state index contributed by atoms with van der Waals surface area (Å²) in [4.78, 5) is 0. The number of hydrogen-bond donors (Lipinski definition) is 0. The van der Waals surface area contributed by atoms with Crippen molar-refractivity contribution in [1.82, 2.24) is 0 Å². The molecule has 1 heterocycles. The summed E-state index contributed by atoms with van der Waals surface area (Å²) in [5.41, 5.74) is 2.57. The second kappa shape index (κ2) is 5.51. The molecule has 0 aromatic heterocycles. The number of rotatable bonds is 0. The Morgan fingerprint density at radius 1 is 0.944 bits per heavy atom. The summed E-state index contributed by atoms with van der Waals surface area (Å²) < 4.78 is 10.3. The van der Waals surface area contributed by atoms with E-state index in [1.54, 1.807) is 0 Å². The van der Waals surface area contributed by atoms with Crippen LogP contribution in [0.2, 0.25) is 0 Å². The molecule has 2 aromatic rings. The van der Waals surface area contributed by atoms with E-state index in [9.17, 15) is 0 Å². The Hall–Kier alpha value is 1.16. The first-order valence-electron chi connectivity index (χ1n) is 5.18. The van der Waals surface area contributed by atoms with Crippen LogP contribution in [-0.2, 0) is 0 Å². The van der Waals surface area contributed by atoms with Gasteiger partial charge in [-0.3, -0.25) is 0 Å². The molecular weight excluding hydrogens is 680 g/mol. The Balaban J connectivity index is 2.26. The van der Waals surface area contributed by atoms with Gasteiger partial charge in [0.25, 0.3) is 0 Å². The van der Waals surface area contributed by atoms with Crippen molar-refractivity contribution >= 4 is 90.4 Å². The molecule has 0 saturated carbocycles. The highest BCUT2D eigenvalue weighted by Crippen LogP contribution is 2.50. The third kappa shape index (κ3) is 2.30. The molecule has 0 spiro atoms. The molecule has 1 aliphatic rings. The Morgan fingerprint density at radius 3 is 2.44 bits per heavy atom. The SMILES string of the molecule is Ic1cc2c(c(I)c1I)C(I)c1ccccc1O2. The van der Waals surface area contributed by atoms with Crippen LogP contribution in [0.5, 0.6) is 11.5 Å². The predicted octanol–water partition coefficient (Wildman–Crippen LogP) is 6.13. The van der Waals surface area contributed by atoms with Crippen molar-refractivity contribution in [2.75, 3.05) is 0 Å². The van der Waals surface area contributed by atoms with Gasteiger partial charge in [-0.15, -0.1) is 0 Å². The summed E-state index contributed by atoms with van der Waals surface area (Å²) in [6.45, 7) is 0. The third-order valence-corrected chi connectivity index (χ3v) is 9.28. The van der Waals surface area contributed by atoms with Crippen molar-refractivity contribution in [2.45, 2.75) is 3.92 Å². The maximum atomic E-state index is 6.05. The molecule has 0 bridgehead atoms. The van der Waals surface area contributed by atoms with Crippen LogP contribution >= 0.6 is 90.4 Å². The molecule has 1 atom stereocenters. The zero-order valence-electron chi connectivity index (χ0n) is 8.88. The van der Waals surface area contributed by atoms with Crippen molar-refractivity contribution < 1.29 is 4.74 Å². The zero-order valence-corrected chi connectivity index (χ0v) is 17.5. The average Bonchev–Trinajstić information content (AvgIpc) is 2.36. The lowest BCUT2D eigenvalue weighted by molar-refractivity contribution is 0.459. The molecule has 1 nitrogen and oxygen atoms in total. The van der Waals surface area contributed by atoms with Gasteiger partial charge in [0, 0.05) is 21.8 Å². The Morgan fingerprint density at radius 2 is 1.67 bits per heavy atom. The average molecular weight is 686 g/mol. The Labute approximate surface area is 160 Å². The number of para-hydroxylation sites is 1. The fourth-order valence-electron chi connectivity index (χ4n) is 1.96. The van der Waals surface area contributed by atoms with Gasteiger partial charge in [-0.2, -0.15) is 0 Å². The van der Waals surface area contributed by atoms with Gasteiger partial charge in [-0.1, -0.05) is 40.8 Å². The molecule has 0 amide bonds. The summed E-state index contributed by atoms with van der Waals surface area (Å²) in [5, 5.41) is 0. The summed E-state index contributed by atoms with van der Waals surface area (Å²) in [5.74, 6) is 1.99. The van der Waals surface area contributed by atoms with E-state index >= 15 is 0 Å². The van der Waals surface area contributed by atoms with Gasteiger partial charge >= 0.3 is 0 Å². The van der Waals surface area contributed by atoms with Crippen molar-refractivity contribution in [2.24, 2.45) is 0 Å². The first kappa shape index (κ1) is 14.1. The quantitative estimate of drug-likeness (QED) is 0.184. The predicted molar refractivity (Wildman–Crippen MR) is 107 cm³/mol. The van der Waals surface area contributed by atoms with E-state index in [2.05, 4.69) is 109 Å². The van der Waals surface area contributed by atoms with Gasteiger partial charge < -0.3 is 4.74 Å².